The van der Waals surface area contributed by atoms with Gasteiger partial charge in [-0.25, -0.2) is 4.21 Å². The van der Waals surface area contributed by atoms with Crippen molar-refractivity contribution < 1.29 is 17.4 Å². The van der Waals surface area contributed by atoms with Gasteiger partial charge in [0.1, 0.15) is 0 Å². The van der Waals surface area contributed by atoms with Crippen LogP contribution in [0.25, 0.3) is 0 Å². The number of hydrogen-bond acceptors (Lipinski definition) is 2. The normalized spacial score (nSPS) is 24.8. The van der Waals surface area contributed by atoms with Crippen LogP contribution in [0, 0.1) is 0 Å². The molecular formula is C9H8F3NOS. The molecule has 0 saturated heterocycles. The first kappa shape index (κ1) is 10.5. The molecule has 1 aromatic carbocycles. The van der Waals surface area contributed by atoms with E-state index in [0.717, 1.165) is 12.1 Å². The predicted octanol–water partition coefficient (Wildman–Crippen LogP) is 2.95. The van der Waals surface area contributed by atoms with Gasteiger partial charge >= 0.3 is 6.18 Å². The zero-order valence-corrected chi connectivity index (χ0v) is 8.65. The molecule has 0 fully saturated rings. The quantitative estimate of drug-likeness (QED) is 0.679. The van der Waals surface area contributed by atoms with Gasteiger partial charge in [0.15, 0.2) is 0 Å². The first-order valence-corrected chi connectivity index (χ1v) is 6.27. The van der Waals surface area contributed by atoms with Crippen molar-refractivity contribution in [3.05, 3.63) is 29.3 Å². The first-order chi connectivity index (χ1) is 6.78. The van der Waals surface area contributed by atoms with Crippen molar-refractivity contribution >= 4 is 15.4 Å². The highest BCUT2D eigenvalue weighted by atomic mass is 32.2. The summed E-state index contributed by atoms with van der Waals surface area (Å²) in [5.74, 6) is 0.103. The minimum atomic E-state index is -4.35. The summed E-state index contributed by atoms with van der Waals surface area (Å²) in [6, 6.07) is 3.26. The predicted molar refractivity (Wildman–Crippen MR) is 51.3 cm³/mol. The molecule has 6 heteroatoms. The molecule has 0 aliphatic carbocycles. The number of benzene rings is 1. The molecule has 0 saturated carbocycles. The summed E-state index contributed by atoms with van der Waals surface area (Å²) in [6.07, 6.45) is -2.91. The highest BCUT2D eigenvalue weighted by Crippen LogP contribution is 2.36. The van der Waals surface area contributed by atoms with Crippen molar-refractivity contribution in [2.75, 3.05) is 6.26 Å². The fourth-order valence-corrected chi connectivity index (χ4v) is 2.96. The Morgan fingerprint density at radius 2 is 2.07 bits per heavy atom. The highest BCUT2D eigenvalue weighted by molar-refractivity contribution is 7.92. The second kappa shape index (κ2) is 2.98. The van der Waals surface area contributed by atoms with E-state index in [1.54, 1.807) is 0 Å². The molecule has 0 amide bonds. The molecule has 82 valence electrons. The second-order valence-corrected chi connectivity index (χ2v) is 5.93. The molecule has 1 aromatic rings. The Morgan fingerprint density at radius 1 is 1.40 bits per heavy atom. The molecule has 1 aliphatic heterocycles. The summed E-state index contributed by atoms with van der Waals surface area (Å²) in [5.41, 5.74) is 0.112. The Bertz CT molecular complexity index is 527. The Balaban J connectivity index is 2.49. The van der Waals surface area contributed by atoms with Gasteiger partial charge in [0.25, 0.3) is 0 Å². The summed E-state index contributed by atoms with van der Waals surface area (Å²) < 4.78 is 52.5. The van der Waals surface area contributed by atoms with Gasteiger partial charge in [-0.2, -0.15) is 17.5 Å². The third kappa shape index (κ3) is 1.99. The van der Waals surface area contributed by atoms with Crippen LogP contribution in [0.2, 0.25) is 0 Å². The number of alkyl halides is 3. The molecule has 0 aromatic heterocycles. The van der Waals surface area contributed by atoms with Crippen LogP contribution in [0.15, 0.2) is 22.6 Å². The fourth-order valence-electron chi connectivity index (χ4n) is 1.50. The van der Waals surface area contributed by atoms with Gasteiger partial charge in [0, 0.05) is 6.26 Å². The van der Waals surface area contributed by atoms with Crippen LogP contribution in [0.3, 0.4) is 0 Å². The van der Waals surface area contributed by atoms with Crippen LogP contribution in [0.4, 0.5) is 18.9 Å². The number of rotatable bonds is 0. The van der Waals surface area contributed by atoms with Crippen LogP contribution in [0.5, 0.6) is 0 Å². The minimum Gasteiger partial charge on any atom is -0.249 e. The summed E-state index contributed by atoms with van der Waals surface area (Å²) in [6.45, 7) is 0. The van der Waals surface area contributed by atoms with Crippen LogP contribution in [-0.2, 0) is 21.7 Å². The smallest absolute Gasteiger partial charge is 0.249 e. The van der Waals surface area contributed by atoms with Gasteiger partial charge in [-0.15, -0.1) is 0 Å². The van der Waals surface area contributed by atoms with E-state index >= 15 is 0 Å². The first-order valence-electron chi connectivity index (χ1n) is 4.18. The van der Waals surface area contributed by atoms with Gasteiger partial charge in [-0.1, -0.05) is 0 Å². The Kier molecular flexibility index (Phi) is 2.08. The molecular weight excluding hydrogens is 227 g/mol. The van der Waals surface area contributed by atoms with E-state index in [4.69, 9.17) is 0 Å². The van der Waals surface area contributed by atoms with E-state index in [1.165, 1.54) is 12.3 Å². The topological polar surface area (TPSA) is 29.4 Å². The van der Waals surface area contributed by atoms with Crippen molar-refractivity contribution in [1.29, 1.82) is 0 Å². The molecule has 15 heavy (non-hydrogen) atoms. The van der Waals surface area contributed by atoms with Crippen LogP contribution in [0.1, 0.15) is 11.1 Å². The molecule has 2 nitrogen and oxygen atoms in total. The molecule has 1 unspecified atom stereocenters. The lowest BCUT2D eigenvalue weighted by Gasteiger charge is -2.07. The van der Waals surface area contributed by atoms with Crippen LogP contribution >= 0.6 is 0 Å². The maximum Gasteiger partial charge on any atom is 0.416 e. The van der Waals surface area contributed by atoms with Crippen molar-refractivity contribution in [1.82, 2.24) is 0 Å². The van der Waals surface area contributed by atoms with E-state index in [2.05, 4.69) is 4.36 Å². The van der Waals surface area contributed by atoms with Crippen molar-refractivity contribution in [3.63, 3.8) is 0 Å². The molecule has 2 rings (SSSR count). The molecule has 1 atom stereocenters. The van der Waals surface area contributed by atoms with E-state index < -0.39 is 21.5 Å². The number of fused-ring (bicyclic) bond motifs is 1. The molecule has 1 heterocycles. The highest BCUT2D eigenvalue weighted by Gasteiger charge is 2.32. The fraction of sp³-hybridized carbons (Fsp3) is 0.333. The monoisotopic (exact) mass is 235 g/mol. The SMILES string of the molecule is CS1(=O)=Nc2ccc(C(F)(F)F)cc2C1. The Labute approximate surface area is 85.3 Å². The molecule has 0 spiro atoms. The third-order valence-corrected chi connectivity index (χ3v) is 3.55. The number of nitrogens with zero attached hydrogens (tertiary/aromatic N) is 1. The zero-order chi connectivity index (χ0) is 11.3. The van der Waals surface area contributed by atoms with Gasteiger partial charge in [-0.05, 0) is 23.8 Å². The minimum absolute atomic E-state index is 0.103. The summed E-state index contributed by atoms with van der Waals surface area (Å²) >= 11 is 0. The molecule has 0 radical (unpaired) electrons. The van der Waals surface area contributed by atoms with Crippen molar-refractivity contribution in [2.45, 2.75) is 11.9 Å². The number of hydrogen-bond donors (Lipinski definition) is 0. The van der Waals surface area contributed by atoms with E-state index in [9.17, 15) is 17.4 Å². The third-order valence-electron chi connectivity index (χ3n) is 2.12. The zero-order valence-electron chi connectivity index (χ0n) is 7.84. The van der Waals surface area contributed by atoms with Crippen molar-refractivity contribution in [3.8, 4) is 0 Å². The molecule has 1 aliphatic rings. The van der Waals surface area contributed by atoms with Gasteiger partial charge in [-0.3, -0.25) is 0 Å². The average molecular weight is 235 g/mol. The lowest BCUT2D eigenvalue weighted by atomic mass is 10.1. The summed E-state index contributed by atoms with van der Waals surface area (Å²) in [7, 11) is -2.36. The van der Waals surface area contributed by atoms with E-state index in [0.29, 0.717) is 11.3 Å². The standard InChI is InChI=1S/C9H8F3NOS/c1-15(14)5-6-4-7(9(10,11)12)2-3-8(6)13-15/h2-4H,5H2,1H3. The summed E-state index contributed by atoms with van der Waals surface area (Å²) in [5, 5.41) is 0. The lowest BCUT2D eigenvalue weighted by Crippen LogP contribution is -2.05. The summed E-state index contributed by atoms with van der Waals surface area (Å²) in [4.78, 5) is 0. The maximum absolute atomic E-state index is 12.3. The molecule has 0 bridgehead atoms. The average Bonchev–Trinajstić information content (AvgIpc) is 2.34. The van der Waals surface area contributed by atoms with Gasteiger partial charge in [0.2, 0.25) is 0 Å². The van der Waals surface area contributed by atoms with Gasteiger partial charge in [0.05, 0.1) is 26.7 Å². The second-order valence-electron chi connectivity index (χ2n) is 3.54. The van der Waals surface area contributed by atoms with Crippen molar-refractivity contribution in [2.24, 2.45) is 4.36 Å². The number of halogens is 3. The van der Waals surface area contributed by atoms with E-state index in [1.807, 2.05) is 0 Å². The lowest BCUT2D eigenvalue weighted by molar-refractivity contribution is -0.137. The Hall–Kier alpha value is -1.04. The van der Waals surface area contributed by atoms with Gasteiger partial charge < -0.3 is 0 Å². The molecule has 0 N–H and O–H groups in total. The van der Waals surface area contributed by atoms with E-state index in [-0.39, 0.29) is 5.75 Å². The van der Waals surface area contributed by atoms with Crippen LogP contribution in [-0.4, -0.2) is 10.5 Å². The largest absolute Gasteiger partial charge is 0.416 e. The maximum atomic E-state index is 12.3. The van der Waals surface area contributed by atoms with Crippen LogP contribution < -0.4 is 0 Å². The Morgan fingerprint density at radius 3 is 2.67 bits per heavy atom.